The molecule has 0 aromatic heterocycles. The molecule has 0 radical (unpaired) electrons. The summed E-state index contributed by atoms with van der Waals surface area (Å²) in [6, 6.07) is 10.8. The maximum absolute atomic E-state index is 13.6. The highest BCUT2D eigenvalue weighted by atomic mass is 19.1. The van der Waals surface area contributed by atoms with E-state index in [2.05, 4.69) is 0 Å². The standard InChI is InChI=1S/C17H19F2NO2/c1-20(10-12-3-6-14(22-2)7-4-12)11-17(21)15-8-5-13(18)9-16(15)19/h3-9,17,21H,10-11H2,1-2H3. The van der Waals surface area contributed by atoms with Crippen molar-refractivity contribution in [1.82, 2.24) is 4.90 Å². The minimum atomic E-state index is -1.01. The molecule has 2 aromatic rings. The molecule has 0 aliphatic heterocycles. The van der Waals surface area contributed by atoms with Gasteiger partial charge in [0.2, 0.25) is 0 Å². The van der Waals surface area contributed by atoms with Crippen LogP contribution in [0.4, 0.5) is 8.78 Å². The van der Waals surface area contributed by atoms with Crippen molar-refractivity contribution in [2.45, 2.75) is 12.6 Å². The van der Waals surface area contributed by atoms with E-state index in [-0.39, 0.29) is 12.1 Å². The van der Waals surface area contributed by atoms with Crippen LogP contribution in [0.5, 0.6) is 5.75 Å². The minimum Gasteiger partial charge on any atom is -0.497 e. The molecule has 0 saturated carbocycles. The Labute approximate surface area is 128 Å². The Morgan fingerprint density at radius 2 is 1.82 bits per heavy atom. The fourth-order valence-corrected chi connectivity index (χ4v) is 2.27. The molecule has 2 rings (SSSR count). The highest BCUT2D eigenvalue weighted by molar-refractivity contribution is 5.27. The lowest BCUT2D eigenvalue weighted by molar-refractivity contribution is 0.120. The Balaban J connectivity index is 1.96. The molecule has 0 spiro atoms. The second kappa shape index (κ2) is 7.33. The lowest BCUT2D eigenvalue weighted by Crippen LogP contribution is -2.24. The number of likely N-dealkylation sites (N-methyl/N-ethyl adjacent to an activating group) is 1. The third-order valence-corrected chi connectivity index (χ3v) is 3.42. The maximum Gasteiger partial charge on any atom is 0.131 e. The van der Waals surface area contributed by atoms with E-state index in [0.717, 1.165) is 23.4 Å². The van der Waals surface area contributed by atoms with Gasteiger partial charge in [-0.1, -0.05) is 18.2 Å². The monoisotopic (exact) mass is 307 g/mol. The van der Waals surface area contributed by atoms with E-state index in [1.165, 1.54) is 6.07 Å². The zero-order valence-corrected chi connectivity index (χ0v) is 12.6. The van der Waals surface area contributed by atoms with Crippen LogP contribution in [0.3, 0.4) is 0 Å². The summed E-state index contributed by atoms with van der Waals surface area (Å²) >= 11 is 0. The molecule has 0 aliphatic carbocycles. The van der Waals surface area contributed by atoms with Gasteiger partial charge in [-0.05, 0) is 30.8 Å². The zero-order valence-electron chi connectivity index (χ0n) is 12.6. The Morgan fingerprint density at radius 3 is 2.41 bits per heavy atom. The van der Waals surface area contributed by atoms with Crippen molar-refractivity contribution < 1.29 is 18.6 Å². The summed E-state index contributed by atoms with van der Waals surface area (Å²) in [5, 5.41) is 10.1. The van der Waals surface area contributed by atoms with Gasteiger partial charge < -0.3 is 9.84 Å². The van der Waals surface area contributed by atoms with Crippen LogP contribution in [0.2, 0.25) is 0 Å². The molecule has 118 valence electrons. The first-order chi connectivity index (χ1) is 10.5. The lowest BCUT2D eigenvalue weighted by Gasteiger charge is -2.21. The van der Waals surface area contributed by atoms with E-state index in [0.29, 0.717) is 6.54 Å². The van der Waals surface area contributed by atoms with Gasteiger partial charge in [-0.3, -0.25) is 4.90 Å². The van der Waals surface area contributed by atoms with E-state index in [4.69, 9.17) is 4.74 Å². The molecule has 3 nitrogen and oxygen atoms in total. The number of aliphatic hydroxyl groups is 1. The highest BCUT2D eigenvalue weighted by Gasteiger charge is 2.15. The summed E-state index contributed by atoms with van der Waals surface area (Å²) in [5.74, 6) is -0.606. The first-order valence-corrected chi connectivity index (χ1v) is 6.94. The Kier molecular flexibility index (Phi) is 5.46. The van der Waals surface area contributed by atoms with E-state index >= 15 is 0 Å². The first-order valence-electron chi connectivity index (χ1n) is 6.94. The molecule has 0 bridgehead atoms. The molecule has 1 unspecified atom stereocenters. The predicted octanol–water partition coefficient (Wildman–Crippen LogP) is 3.14. The molecule has 22 heavy (non-hydrogen) atoms. The largest absolute Gasteiger partial charge is 0.497 e. The van der Waals surface area contributed by atoms with Crippen molar-refractivity contribution >= 4 is 0 Å². The van der Waals surface area contributed by atoms with Crippen LogP contribution < -0.4 is 4.74 Å². The summed E-state index contributed by atoms with van der Waals surface area (Å²) in [6.45, 7) is 0.846. The fourth-order valence-electron chi connectivity index (χ4n) is 2.27. The summed E-state index contributed by atoms with van der Waals surface area (Å²) < 4.78 is 31.6. The van der Waals surface area contributed by atoms with E-state index in [9.17, 15) is 13.9 Å². The maximum atomic E-state index is 13.6. The topological polar surface area (TPSA) is 32.7 Å². The van der Waals surface area contributed by atoms with Crippen molar-refractivity contribution in [2.75, 3.05) is 20.7 Å². The van der Waals surface area contributed by atoms with Crippen LogP contribution in [0.15, 0.2) is 42.5 Å². The van der Waals surface area contributed by atoms with Crippen molar-refractivity contribution in [2.24, 2.45) is 0 Å². The predicted molar refractivity (Wildman–Crippen MR) is 80.6 cm³/mol. The van der Waals surface area contributed by atoms with Gasteiger partial charge in [-0.15, -0.1) is 0 Å². The Bertz CT molecular complexity index is 617. The molecule has 5 heteroatoms. The Hall–Kier alpha value is -1.98. The van der Waals surface area contributed by atoms with Gasteiger partial charge in [0.15, 0.2) is 0 Å². The molecule has 2 aromatic carbocycles. The number of ether oxygens (including phenoxy) is 1. The van der Waals surface area contributed by atoms with Crippen molar-refractivity contribution in [3.63, 3.8) is 0 Å². The normalized spacial score (nSPS) is 12.5. The van der Waals surface area contributed by atoms with Gasteiger partial charge in [0, 0.05) is 24.7 Å². The third-order valence-electron chi connectivity index (χ3n) is 3.42. The molecule has 1 N–H and O–H groups in total. The van der Waals surface area contributed by atoms with Gasteiger partial charge in [0.1, 0.15) is 17.4 Å². The molecule has 0 saturated heterocycles. The molecular weight excluding hydrogens is 288 g/mol. The number of nitrogens with zero attached hydrogens (tertiary/aromatic N) is 1. The van der Waals surface area contributed by atoms with Crippen LogP contribution in [0, 0.1) is 11.6 Å². The molecule has 0 heterocycles. The zero-order chi connectivity index (χ0) is 16.1. The SMILES string of the molecule is COc1ccc(CN(C)CC(O)c2ccc(F)cc2F)cc1. The highest BCUT2D eigenvalue weighted by Crippen LogP contribution is 2.20. The molecular formula is C17H19F2NO2. The van der Waals surface area contributed by atoms with E-state index in [1.54, 1.807) is 7.11 Å². The van der Waals surface area contributed by atoms with Crippen LogP contribution in [0.25, 0.3) is 0 Å². The second-order valence-electron chi connectivity index (χ2n) is 5.23. The van der Waals surface area contributed by atoms with Crippen LogP contribution in [0.1, 0.15) is 17.2 Å². The fraction of sp³-hybridized carbons (Fsp3) is 0.294. The van der Waals surface area contributed by atoms with Gasteiger partial charge in [0.25, 0.3) is 0 Å². The average molecular weight is 307 g/mol. The number of benzene rings is 2. The number of hydrogen-bond acceptors (Lipinski definition) is 3. The minimum absolute atomic E-state index is 0.1000. The average Bonchev–Trinajstić information content (AvgIpc) is 2.47. The van der Waals surface area contributed by atoms with Gasteiger partial charge in [-0.25, -0.2) is 8.78 Å². The summed E-state index contributed by atoms with van der Waals surface area (Å²) in [5.41, 5.74) is 1.15. The van der Waals surface area contributed by atoms with Gasteiger partial charge in [0.05, 0.1) is 13.2 Å². The summed E-state index contributed by atoms with van der Waals surface area (Å²) in [7, 11) is 3.43. The number of aliphatic hydroxyl groups excluding tert-OH is 1. The van der Waals surface area contributed by atoms with Crippen molar-refractivity contribution in [1.29, 1.82) is 0 Å². The van der Waals surface area contributed by atoms with Gasteiger partial charge >= 0.3 is 0 Å². The first kappa shape index (κ1) is 16.4. The summed E-state index contributed by atoms with van der Waals surface area (Å²) in [4.78, 5) is 1.87. The molecule has 0 amide bonds. The quantitative estimate of drug-likeness (QED) is 0.890. The van der Waals surface area contributed by atoms with Crippen LogP contribution in [-0.4, -0.2) is 30.7 Å². The second-order valence-corrected chi connectivity index (χ2v) is 5.23. The van der Waals surface area contributed by atoms with E-state index in [1.807, 2.05) is 36.2 Å². The van der Waals surface area contributed by atoms with Crippen molar-refractivity contribution in [3.05, 3.63) is 65.2 Å². The van der Waals surface area contributed by atoms with Crippen molar-refractivity contribution in [3.8, 4) is 5.75 Å². The van der Waals surface area contributed by atoms with E-state index < -0.39 is 17.7 Å². The Morgan fingerprint density at radius 1 is 1.14 bits per heavy atom. The molecule has 0 aliphatic rings. The van der Waals surface area contributed by atoms with Crippen LogP contribution in [-0.2, 0) is 6.54 Å². The third kappa shape index (κ3) is 4.26. The number of hydrogen-bond donors (Lipinski definition) is 1. The smallest absolute Gasteiger partial charge is 0.131 e. The van der Waals surface area contributed by atoms with Crippen LogP contribution >= 0.6 is 0 Å². The lowest BCUT2D eigenvalue weighted by atomic mass is 10.1. The summed E-state index contributed by atoms with van der Waals surface area (Å²) in [6.07, 6.45) is -1.01. The molecule has 0 fully saturated rings. The molecule has 1 atom stereocenters. The van der Waals surface area contributed by atoms with Gasteiger partial charge in [-0.2, -0.15) is 0 Å². The number of halogens is 2. The number of methoxy groups -OCH3 is 1. The number of rotatable bonds is 6.